The van der Waals surface area contributed by atoms with Gasteiger partial charge in [-0.2, -0.15) is 0 Å². The molecule has 2 aliphatic heterocycles. The number of hydrogen-bond acceptors (Lipinski definition) is 2. The molecule has 0 amide bonds. The molecule has 3 atom stereocenters. The van der Waals surface area contributed by atoms with Crippen molar-refractivity contribution < 1.29 is 4.74 Å². The van der Waals surface area contributed by atoms with Gasteiger partial charge in [-0.05, 0) is 32.1 Å². The zero-order valence-corrected chi connectivity index (χ0v) is 9.69. The largest absolute Gasteiger partial charge is 0.373 e. The van der Waals surface area contributed by atoms with Gasteiger partial charge in [-0.15, -0.1) is 0 Å². The van der Waals surface area contributed by atoms with Crippen molar-refractivity contribution in [3.8, 4) is 0 Å². The third-order valence-corrected chi connectivity index (χ3v) is 4.09. The second-order valence-electron chi connectivity index (χ2n) is 5.32. The topological polar surface area (TPSA) is 59.6 Å². The van der Waals surface area contributed by atoms with Crippen molar-refractivity contribution in [1.29, 1.82) is 0 Å². The van der Waals surface area contributed by atoms with Crippen LogP contribution in [0.1, 0.15) is 44.9 Å². The van der Waals surface area contributed by atoms with Crippen molar-refractivity contribution in [3.05, 3.63) is 0 Å². The molecule has 4 nitrogen and oxygen atoms in total. The number of hydrogen-bond donors (Lipinski definition) is 2. The average molecular weight is 223 g/mol. The fourth-order valence-electron chi connectivity index (χ4n) is 3.24. The first-order valence-electron chi connectivity index (χ1n) is 6.56. The van der Waals surface area contributed by atoms with Gasteiger partial charge in [0, 0.05) is 6.04 Å². The Labute approximate surface area is 96.6 Å². The van der Waals surface area contributed by atoms with Crippen LogP contribution < -0.4 is 11.1 Å². The number of nitrogens with two attached hydrogens (primary N) is 1. The summed E-state index contributed by atoms with van der Waals surface area (Å²) in [6, 6.07) is 0.871. The molecule has 3 N–H and O–H groups in total. The van der Waals surface area contributed by atoms with Gasteiger partial charge in [-0.1, -0.05) is 12.8 Å². The van der Waals surface area contributed by atoms with E-state index in [2.05, 4.69) is 10.3 Å². The summed E-state index contributed by atoms with van der Waals surface area (Å²) >= 11 is 0. The molecule has 0 aromatic rings. The van der Waals surface area contributed by atoms with Crippen LogP contribution in [0.25, 0.3) is 0 Å². The number of guanidine groups is 1. The van der Waals surface area contributed by atoms with Crippen LogP contribution >= 0.6 is 0 Å². The predicted molar refractivity (Wildman–Crippen MR) is 63.3 cm³/mol. The molecule has 0 radical (unpaired) electrons. The standard InChI is InChI=1S/C12H21N3O/c13-12(14-8-3-1-2-4-8)15-10-7-9-5-6-11(10)16-9/h8-11H,1-7H2,(H3,13,14,15). The molecule has 1 aliphatic carbocycles. The highest BCUT2D eigenvalue weighted by molar-refractivity contribution is 5.78. The van der Waals surface area contributed by atoms with Crippen LogP contribution in [0.2, 0.25) is 0 Å². The Kier molecular flexibility index (Phi) is 2.75. The van der Waals surface area contributed by atoms with Gasteiger partial charge in [-0.3, -0.25) is 0 Å². The normalized spacial score (nSPS) is 39.5. The lowest BCUT2D eigenvalue weighted by molar-refractivity contribution is 0.101. The highest BCUT2D eigenvalue weighted by Crippen LogP contribution is 2.36. The smallest absolute Gasteiger partial charge is 0.189 e. The first kappa shape index (κ1) is 10.4. The first-order valence-corrected chi connectivity index (χ1v) is 6.56. The number of nitrogens with one attached hydrogen (secondary N) is 1. The molecule has 3 rings (SSSR count). The molecule has 2 saturated heterocycles. The molecule has 1 saturated carbocycles. The molecule has 2 bridgehead atoms. The van der Waals surface area contributed by atoms with E-state index in [1.165, 1.54) is 32.1 Å². The van der Waals surface area contributed by atoms with Gasteiger partial charge < -0.3 is 15.8 Å². The van der Waals surface area contributed by atoms with E-state index in [-0.39, 0.29) is 0 Å². The number of aliphatic imine (C=N–C) groups is 1. The molecule has 3 fully saturated rings. The van der Waals surface area contributed by atoms with Gasteiger partial charge in [0.1, 0.15) is 0 Å². The summed E-state index contributed by atoms with van der Waals surface area (Å²) in [5.74, 6) is 0.632. The SMILES string of the molecule is NC(=NC1CC2CCC1O2)NC1CCCC1. The van der Waals surface area contributed by atoms with E-state index in [0.717, 1.165) is 12.8 Å². The molecule has 4 heteroatoms. The molecule has 0 spiro atoms. The maximum absolute atomic E-state index is 5.95. The number of rotatable bonds is 2. The van der Waals surface area contributed by atoms with Crippen LogP contribution in [0.15, 0.2) is 4.99 Å². The molecular formula is C12H21N3O. The van der Waals surface area contributed by atoms with E-state index in [4.69, 9.17) is 10.5 Å². The zero-order chi connectivity index (χ0) is 11.0. The Bertz CT molecular complexity index is 286. The van der Waals surface area contributed by atoms with Crippen molar-refractivity contribution in [2.45, 2.75) is 69.2 Å². The molecule has 90 valence electrons. The first-order chi connectivity index (χ1) is 7.81. The lowest BCUT2D eigenvalue weighted by Gasteiger charge is -2.17. The van der Waals surface area contributed by atoms with Crippen LogP contribution in [0, 0.1) is 0 Å². The number of nitrogens with zero attached hydrogens (tertiary/aromatic N) is 1. The van der Waals surface area contributed by atoms with Crippen LogP contribution in [-0.4, -0.2) is 30.3 Å². The van der Waals surface area contributed by atoms with Crippen LogP contribution in [0.5, 0.6) is 0 Å². The molecular weight excluding hydrogens is 202 g/mol. The van der Waals surface area contributed by atoms with E-state index in [0.29, 0.717) is 30.3 Å². The highest BCUT2D eigenvalue weighted by atomic mass is 16.5. The molecule has 3 unspecified atom stereocenters. The lowest BCUT2D eigenvalue weighted by atomic mass is 9.96. The van der Waals surface area contributed by atoms with E-state index >= 15 is 0 Å². The number of ether oxygens (including phenoxy) is 1. The average Bonchev–Trinajstić information content (AvgIpc) is 2.92. The van der Waals surface area contributed by atoms with E-state index in [9.17, 15) is 0 Å². The van der Waals surface area contributed by atoms with Crippen molar-refractivity contribution in [3.63, 3.8) is 0 Å². The Hall–Kier alpha value is -0.770. The Morgan fingerprint density at radius 3 is 2.62 bits per heavy atom. The third-order valence-electron chi connectivity index (χ3n) is 4.09. The Morgan fingerprint density at radius 2 is 2.00 bits per heavy atom. The summed E-state index contributed by atoms with van der Waals surface area (Å²) in [6.45, 7) is 0. The maximum Gasteiger partial charge on any atom is 0.189 e. The maximum atomic E-state index is 5.95. The van der Waals surface area contributed by atoms with Gasteiger partial charge in [0.15, 0.2) is 5.96 Å². The minimum absolute atomic E-state index is 0.313. The van der Waals surface area contributed by atoms with Crippen molar-refractivity contribution in [2.24, 2.45) is 10.7 Å². The summed E-state index contributed by atoms with van der Waals surface area (Å²) in [6.07, 6.45) is 9.36. The summed E-state index contributed by atoms with van der Waals surface area (Å²) in [4.78, 5) is 4.58. The van der Waals surface area contributed by atoms with Gasteiger partial charge in [0.2, 0.25) is 0 Å². The quantitative estimate of drug-likeness (QED) is 0.545. The van der Waals surface area contributed by atoms with Crippen molar-refractivity contribution in [2.75, 3.05) is 0 Å². The van der Waals surface area contributed by atoms with Gasteiger partial charge in [0.05, 0.1) is 18.2 Å². The lowest BCUT2D eigenvalue weighted by Crippen LogP contribution is -2.40. The van der Waals surface area contributed by atoms with E-state index in [1.807, 2.05) is 0 Å². The summed E-state index contributed by atoms with van der Waals surface area (Å²) in [7, 11) is 0. The second kappa shape index (κ2) is 4.24. The van der Waals surface area contributed by atoms with Crippen LogP contribution in [-0.2, 0) is 4.74 Å². The molecule has 16 heavy (non-hydrogen) atoms. The predicted octanol–water partition coefficient (Wildman–Crippen LogP) is 1.15. The zero-order valence-electron chi connectivity index (χ0n) is 9.69. The van der Waals surface area contributed by atoms with Gasteiger partial charge >= 0.3 is 0 Å². The summed E-state index contributed by atoms with van der Waals surface area (Å²) < 4.78 is 5.77. The van der Waals surface area contributed by atoms with Crippen molar-refractivity contribution in [1.82, 2.24) is 5.32 Å². The van der Waals surface area contributed by atoms with Crippen LogP contribution in [0.3, 0.4) is 0 Å². The minimum Gasteiger partial charge on any atom is -0.373 e. The molecule has 3 aliphatic rings. The van der Waals surface area contributed by atoms with E-state index in [1.54, 1.807) is 0 Å². The number of fused-ring (bicyclic) bond motifs is 2. The Morgan fingerprint density at radius 1 is 1.19 bits per heavy atom. The fourth-order valence-corrected chi connectivity index (χ4v) is 3.24. The fraction of sp³-hybridized carbons (Fsp3) is 0.917. The highest BCUT2D eigenvalue weighted by Gasteiger charge is 2.40. The molecule has 0 aromatic carbocycles. The van der Waals surface area contributed by atoms with Gasteiger partial charge in [-0.25, -0.2) is 4.99 Å². The monoisotopic (exact) mass is 223 g/mol. The van der Waals surface area contributed by atoms with Crippen LogP contribution in [0.4, 0.5) is 0 Å². The molecule has 2 heterocycles. The third kappa shape index (κ3) is 2.03. The van der Waals surface area contributed by atoms with Crippen molar-refractivity contribution >= 4 is 5.96 Å². The van der Waals surface area contributed by atoms with E-state index < -0.39 is 0 Å². The Balaban J connectivity index is 1.55. The minimum atomic E-state index is 0.313. The molecule has 0 aromatic heterocycles. The summed E-state index contributed by atoms with van der Waals surface area (Å²) in [5, 5.41) is 3.34. The van der Waals surface area contributed by atoms with Gasteiger partial charge in [0.25, 0.3) is 0 Å². The second-order valence-corrected chi connectivity index (χ2v) is 5.32. The summed E-state index contributed by atoms with van der Waals surface area (Å²) in [5.41, 5.74) is 5.95.